The van der Waals surface area contributed by atoms with Crippen molar-refractivity contribution in [1.82, 2.24) is 5.32 Å². The van der Waals surface area contributed by atoms with Crippen molar-refractivity contribution in [3.63, 3.8) is 0 Å². The van der Waals surface area contributed by atoms with Gasteiger partial charge >= 0.3 is 0 Å². The number of hydrogen-bond acceptors (Lipinski definition) is 2. The molecule has 0 radical (unpaired) electrons. The molecule has 0 unspecified atom stereocenters. The van der Waals surface area contributed by atoms with Crippen molar-refractivity contribution in [3.05, 3.63) is 35.4 Å². The summed E-state index contributed by atoms with van der Waals surface area (Å²) in [7, 11) is 0. The van der Waals surface area contributed by atoms with Crippen LogP contribution in [0.1, 0.15) is 18.4 Å². The van der Waals surface area contributed by atoms with Gasteiger partial charge < -0.3 is 11.1 Å². The molecule has 1 fully saturated rings. The van der Waals surface area contributed by atoms with E-state index in [-0.39, 0.29) is 23.3 Å². The van der Waals surface area contributed by atoms with Crippen LogP contribution in [-0.2, 0) is 11.2 Å². The Morgan fingerprint density at radius 1 is 1.39 bits per heavy atom. The number of hydrogen-bond donors (Lipinski definition) is 2. The monoisotopic (exact) mass is 254 g/mol. The van der Waals surface area contributed by atoms with E-state index in [0.717, 1.165) is 31.0 Å². The number of nitrogens with one attached hydrogen (secondary N) is 1. The Bertz CT molecular complexity index is 458. The Hall–Kier alpha value is -1.49. The molecule has 0 aliphatic heterocycles. The third-order valence-electron chi connectivity index (χ3n) is 3.41. The van der Waals surface area contributed by atoms with Gasteiger partial charge in [0.15, 0.2) is 0 Å². The predicted octanol–water partition coefficient (Wildman–Crippen LogP) is 1.36. The lowest BCUT2D eigenvalue weighted by atomic mass is 10.1. The molecule has 5 heteroatoms. The first-order valence-corrected chi connectivity index (χ1v) is 5.95. The third-order valence-corrected chi connectivity index (χ3v) is 3.41. The Morgan fingerprint density at radius 3 is 2.72 bits per heavy atom. The molecule has 18 heavy (non-hydrogen) atoms. The maximum atomic E-state index is 13.3. The SMILES string of the molecule is NCC1(CNC(=O)Cc2cc(F)ccc2F)CC1. The first kappa shape index (κ1) is 13.0. The van der Waals surface area contributed by atoms with Crippen molar-refractivity contribution in [2.45, 2.75) is 19.3 Å². The Morgan fingerprint density at radius 2 is 2.11 bits per heavy atom. The molecule has 1 aromatic rings. The molecule has 0 atom stereocenters. The number of carbonyl (C=O) groups is 1. The van der Waals surface area contributed by atoms with Gasteiger partial charge in [-0.25, -0.2) is 8.78 Å². The minimum absolute atomic E-state index is 0.0378. The highest BCUT2D eigenvalue weighted by Crippen LogP contribution is 2.43. The average Bonchev–Trinajstić information content (AvgIpc) is 3.12. The number of halogens is 2. The molecule has 1 aromatic carbocycles. The van der Waals surface area contributed by atoms with E-state index in [2.05, 4.69) is 5.32 Å². The third kappa shape index (κ3) is 3.04. The standard InChI is InChI=1S/C13H16F2N2O/c14-10-1-2-11(15)9(5-10)6-12(18)17-8-13(7-16)3-4-13/h1-2,5H,3-4,6-8,16H2,(H,17,18). The number of rotatable bonds is 5. The van der Waals surface area contributed by atoms with Crippen molar-refractivity contribution in [1.29, 1.82) is 0 Å². The molecule has 1 saturated carbocycles. The highest BCUT2D eigenvalue weighted by Gasteiger charge is 2.41. The van der Waals surface area contributed by atoms with Gasteiger partial charge in [-0.1, -0.05) is 0 Å². The zero-order valence-electron chi connectivity index (χ0n) is 10.0. The van der Waals surface area contributed by atoms with Crippen LogP contribution in [0.15, 0.2) is 18.2 Å². The van der Waals surface area contributed by atoms with E-state index in [4.69, 9.17) is 5.73 Å². The fourth-order valence-corrected chi connectivity index (χ4v) is 1.83. The van der Waals surface area contributed by atoms with Crippen LogP contribution in [0.5, 0.6) is 0 Å². The van der Waals surface area contributed by atoms with Gasteiger partial charge in [0.2, 0.25) is 5.91 Å². The van der Waals surface area contributed by atoms with Crippen LogP contribution < -0.4 is 11.1 Å². The Kier molecular flexibility index (Phi) is 3.61. The first-order chi connectivity index (χ1) is 8.54. The van der Waals surface area contributed by atoms with Crippen molar-refractivity contribution in [3.8, 4) is 0 Å². The van der Waals surface area contributed by atoms with E-state index in [1.54, 1.807) is 0 Å². The molecule has 98 valence electrons. The van der Waals surface area contributed by atoms with Gasteiger partial charge in [-0.2, -0.15) is 0 Å². The molecule has 2 rings (SSSR count). The zero-order chi connectivity index (χ0) is 13.2. The lowest BCUT2D eigenvalue weighted by Crippen LogP contribution is -2.34. The largest absolute Gasteiger partial charge is 0.355 e. The zero-order valence-corrected chi connectivity index (χ0v) is 10.0. The lowest BCUT2D eigenvalue weighted by molar-refractivity contribution is -0.120. The van der Waals surface area contributed by atoms with Crippen LogP contribution in [0.3, 0.4) is 0 Å². The van der Waals surface area contributed by atoms with Crippen LogP contribution in [0.4, 0.5) is 8.78 Å². The van der Waals surface area contributed by atoms with Crippen molar-refractivity contribution < 1.29 is 13.6 Å². The van der Waals surface area contributed by atoms with Crippen LogP contribution in [0.25, 0.3) is 0 Å². The maximum absolute atomic E-state index is 13.3. The first-order valence-electron chi connectivity index (χ1n) is 5.95. The summed E-state index contributed by atoms with van der Waals surface area (Å²) in [4.78, 5) is 11.6. The maximum Gasteiger partial charge on any atom is 0.224 e. The van der Waals surface area contributed by atoms with E-state index >= 15 is 0 Å². The van der Waals surface area contributed by atoms with Gasteiger partial charge in [0.05, 0.1) is 6.42 Å². The van der Waals surface area contributed by atoms with Crippen LogP contribution in [0.2, 0.25) is 0 Å². The second-order valence-electron chi connectivity index (χ2n) is 4.89. The topological polar surface area (TPSA) is 55.1 Å². The molecule has 1 amide bonds. The highest BCUT2D eigenvalue weighted by molar-refractivity contribution is 5.78. The second kappa shape index (κ2) is 5.02. The Labute approximate surface area is 104 Å². The Balaban J connectivity index is 1.89. The molecule has 0 bridgehead atoms. The van der Waals surface area contributed by atoms with Gasteiger partial charge in [0, 0.05) is 12.1 Å². The van der Waals surface area contributed by atoms with Crippen molar-refractivity contribution in [2.75, 3.05) is 13.1 Å². The van der Waals surface area contributed by atoms with E-state index in [0.29, 0.717) is 13.1 Å². The highest BCUT2D eigenvalue weighted by atomic mass is 19.1. The lowest BCUT2D eigenvalue weighted by Gasteiger charge is -2.13. The number of nitrogens with two attached hydrogens (primary N) is 1. The average molecular weight is 254 g/mol. The summed E-state index contributed by atoms with van der Waals surface area (Å²) in [6.07, 6.45) is 1.88. The minimum Gasteiger partial charge on any atom is -0.355 e. The number of carbonyl (C=O) groups excluding carboxylic acids is 1. The minimum atomic E-state index is -0.563. The van der Waals surface area contributed by atoms with Gasteiger partial charge in [-0.05, 0) is 43.0 Å². The van der Waals surface area contributed by atoms with Crippen molar-refractivity contribution >= 4 is 5.91 Å². The van der Waals surface area contributed by atoms with E-state index in [1.807, 2.05) is 0 Å². The summed E-state index contributed by atoms with van der Waals surface area (Å²) >= 11 is 0. The second-order valence-corrected chi connectivity index (χ2v) is 4.89. The van der Waals surface area contributed by atoms with Gasteiger partial charge in [0.25, 0.3) is 0 Å². The molecule has 0 heterocycles. The summed E-state index contributed by atoms with van der Waals surface area (Å²) in [6.45, 7) is 1.06. The van der Waals surface area contributed by atoms with Crippen LogP contribution >= 0.6 is 0 Å². The smallest absolute Gasteiger partial charge is 0.224 e. The fourth-order valence-electron chi connectivity index (χ4n) is 1.83. The molecular formula is C13H16F2N2O. The fraction of sp³-hybridized carbons (Fsp3) is 0.462. The van der Waals surface area contributed by atoms with Gasteiger partial charge in [0.1, 0.15) is 11.6 Å². The molecule has 0 aromatic heterocycles. The predicted molar refractivity (Wildman–Crippen MR) is 63.8 cm³/mol. The summed E-state index contributed by atoms with van der Waals surface area (Å²) in [5.41, 5.74) is 5.70. The molecule has 1 aliphatic rings. The molecule has 3 N–H and O–H groups in total. The summed E-state index contributed by atoms with van der Waals surface area (Å²) in [6, 6.07) is 3.11. The van der Waals surface area contributed by atoms with Gasteiger partial charge in [-0.3, -0.25) is 4.79 Å². The van der Waals surface area contributed by atoms with Crippen LogP contribution in [0, 0.1) is 17.0 Å². The molecule has 0 saturated heterocycles. The quantitative estimate of drug-likeness (QED) is 0.833. The number of amides is 1. The normalized spacial score (nSPS) is 16.4. The summed E-state index contributed by atoms with van der Waals surface area (Å²) in [5.74, 6) is -1.41. The molecular weight excluding hydrogens is 238 g/mol. The van der Waals surface area contributed by atoms with Crippen LogP contribution in [-0.4, -0.2) is 19.0 Å². The van der Waals surface area contributed by atoms with Crippen molar-refractivity contribution in [2.24, 2.45) is 11.1 Å². The number of benzene rings is 1. The van der Waals surface area contributed by atoms with Gasteiger partial charge in [-0.15, -0.1) is 0 Å². The van der Waals surface area contributed by atoms with E-state index in [1.165, 1.54) is 0 Å². The molecule has 1 aliphatic carbocycles. The summed E-state index contributed by atoms with van der Waals surface area (Å²) < 4.78 is 26.2. The molecule has 0 spiro atoms. The van der Waals surface area contributed by atoms with E-state index in [9.17, 15) is 13.6 Å². The van der Waals surface area contributed by atoms with E-state index < -0.39 is 11.6 Å². The molecule has 3 nitrogen and oxygen atoms in total. The summed E-state index contributed by atoms with van der Waals surface area (Å²) in [5, 5.41) is 2.72.